The highest BCUT2D eigenvalue weighted by Gasteiger charge is 2.23. The molecule has 1 aromatic heterocycles. The highest BCUT2D eigenvalue weighted by Crippen LogP contribution is 2.35. The van der Waals surface area contributed by atoms with E-state index in [2.05, 4.69) is 15.5 Å². The molecule has 2 amide bonds. The van der Waals surface area contributed by atoms with Crippen molar-refractivity contribution in [3.63, 3.8) is 0 Å². The summed E-state index contributed by atoms with van der Waals surface area (Å²) in [7, 11) is 3.13. The van der Waals surface area contributed by atoms with Gasteiger partial charge in [0.1, 0.15) is 11.6 Å². The van der Waals surface area contributed by atoms with Crippen molar-refractivity contribution in [2.24, 2.45) is 0 Å². The van der Waals surface area contributed by atoms with Crippen LogP contribution in [0.4, 0.5) is 5.13 Å². The molecule has 0 atom stereocenters. The Morgan fingerprint density at radius 3 is 2.65 bits per heavy atom. The monoisotopic (exact) mass is 442 g/mol. The van der Waals surface area contributed by atoms with Crippen LogP contribution < -0.4 is 14.8 Å². The zero-order valence-electron chi connectivity index (χ0n) is 17.7. The number of hydrogen-bond acceptors (Lipinski definition) is 7. The number of amides is 2. The molecule has 1 aliphatic heterocycles. The van der Waals surface area contributed by atoms with Crippen LogP contribution in [-0.4, -0.2) is 47.7 Å². The van der Waals surface area contributed by atoms with Gasteiger partial charge in [0.2, 0.25) is 16.9 Å². The zero-order valence-corrected chi connectivity index (χ0v) is 18.5. The number of fused-ring (bicyclic) bond motifs is 1. The summed E-state index contributed by atoms with van der Waals surface area (Å²) in [6.45, 7) is -0.0874. The molecule has 0 bridgehead atoms. The van der Waals surface area contributed by atoms with Crippen LogP contribution in [0.3, 0.4) is 0 Å². The second kappa shape index (κ2) is 9.47. The third kappa shape index (κ3) is 4.87. The topological polar surface area (TPSA) is 93.7 Å². The number of rotatable bonds is 6. The summed E-state index contributed by atoms with van der Waals surface area (Å²) >= 11 is 1.43. The van der Waals surface area contributed by atoms with Crippen LogP contribution in [0.5, 0.6) is 11.5 Å². The van der Waals surface area contributed by atoms with Gasteiger partial charge in [-0.3, -0.25) is 14.9 Å². The average molecular weight is 443 g/mol. The molecule has 164 valence electrons. The fourth-order valence-corrected chi connectivity index (χ4v) is 4.95. The fraction of sp³-hybridized carbons (Fsp3) is 0.455. The van der Waals surface area contributed by atoms with Crippen LogP contribution in [0.2, 0.25) is 0 Å². The number of nitrogens with one attached hydrogen (secondary N) is 1. The molecule has 8 nitrogen and oxygen atoms in total. The molecule has 2 heterocycles. The second-order valence-corrected chi connectivity index (χ2v) is 8.76. The van der Waals surface area contributed by atoms with Gasteiger partial charge in [0.15, 0.2) is 11.5 Å². The molecule has 2 aromatic rings. The first kappa shape index (κ1) is 21.3. The summed E-state index contributed by atoms with van der Waals surface area (Å²) < 4.78 is 10.7. The Balaban J connectivity index is 1.40. The highest BCUT2D eigenvalue weighted by molar-refractivity contribution is 7.15. The Morgan fingerprint density at radius 2 is 1.90 bits per heavy atom. The lowest BCUT2D eigenvalue weighted by Crippen LogP contribution is -2.34. The lowest BCUT2D eigenvalue weighted by molar-refractivity contribution is -0.131. The number of anilines is 1. The summed E-state index contributed by atoms with van der Waals surface area (Å²) in [5, 5.41) is 12.6. The number of benzene rings is 1. The van der Waals surface area contributed by atoms with Crippen molar-refractivity contribution in [2.45, 2.75) is 44.4 Å². The number of ether oxygens (including phenoxy) is 2. The van der Waals surface area contributed by atoms with E-state index in [1.165, 1.54) is 35.5 Å². The van der Waals surface area contributed by atoms with Gasteiger partial charge in [-0.25, -0.2) is 0 Å². The van der Waals surface area contributed by atoms with Gasteiger partial charge < -0.3 is 14.4 Å². The molecule has 0 radical (unpaired) electrons. The second-order valence-electron chi connectivity index (χ2n) is 7.75. The Kier molecular flexibility index (Phi) is 6.50. The van der Waals surface area contributed by atoms with Crippen molar-refractivity contribution in [1.82, 2.24) is 15.1 Å². The summed E-state index contributed by atoms with van der Waals surface area (Å²) in [6, 6.07) is 3.63. The van der Waals surface area contributed by atoms with E-state index in [-0.39, 0.29) is 24.8 Å². The normalized spacial score (nSPS) is 16.6. The molecule has 1 saturated carbocycles. The van der Waals surface area contributed by atoms with E-state index in [0.29, 0.717) is 22.5 Å². The molecule has 1 aromatic carbocycles. The molecule has 0 spiro atoms. The van der Waals surface area contributed by atoms with Crippen molar-refractivity contribution >= 4 is 34.4 Å². The molecule has 2 aliphatic rings. The van der Waals surface area contributed by atoms with Crippen LogP contribution in [-0.2, 0) is 16.0 Å². The van der Waals surface area contributed by atoms with Gasteiger partial charge in [-0.2, -0.15) is 0 Å². The Labute approximate surface area is 185 Å². The predicted octanol–water partition coefficient (Wildman–Crippen LogP) is 3.60. The maximum atomic E-state index is 12.7. The summed E-state index contributed by atoms with van der Waals surface area (Å²) in [4.78, 5) is 26.7. The van der Waals surface area contributed by atoms with E-state index >= 15 is 0 Å². The number of hydrogen-bond donors (Lipinski definition) is 1. The predicted molar refractivity (Wildman–Crippen MR) is 118 cm³/mol. The minimum Gasteiger partial charge on any atom is -0.493 e. The third-order valence-electron chi connectivity index (χ3n) is 5.70. The number of carbonyl (C=O) groups is 2. The summed E-state index contributed by atoms with van der Waals surface area (Å²) in [6.07, 6.45) is 9.58. The zero-order chi connectivity index (χ0) is 21.8. The van der Waals surface area contributed by atoms with Gasteiger partial charge in [0.25, 0.3) is 0 Å². The number of nitrogens with zero attached hydrogens (tertiary/aromatic N) is 3. The fourth-order valence-electron chi connectivity index (χ4n) is 4.02. The molecular weight excluding hydrogens is 416 g/mol. The van der Waals surface area contributed by atoms with E-state index in [0.717, 1.165) is 29.0 Å². The van der Waals surface area contributed by atoms with Crippen molar-refractivity contribution in [1.29, 1.82) is 0 Å². The van der Waals surface area contributed by atoms with Gasteiger partial charge >= 0.3 is 0 Å². The first-order valence-corrected chi connectivity index (χ1v) is 11.2. The molecule has 1 fully saturated rings. The van der Waals surface area contributed by atoms with Crippen molar-refractivity contribution in [2.75, 3.05) is 26.1 Å². The van der Waals surface area contributed by atoms with Crippen LogP contribution in [0.1, 0.15) is 54.2 Å². The Hall–Kier alpha value is -2.94. The molecule has 1 N–H and O–H groups in total. The molecule has 1 aliphatic carbocycles. The van der Waals surface area contributed by atoms with Gasteiger partial charge in [0.05, 0.1) is 20.6 Å². The van der Waals surface area contributed by atoms with E-state index in [1.807, 2.05) is 12.1 Å². The van der Waals surface area contributed by atoms with Gasteiger partial charge in [-0.1, -0.05) is 30.6 Å². The smallest absolute Gasteiger partial charge is 0.246 e. The quantitative estimate of drug-likeness (QED) is 0.735. The SMILES string of the molecule is COc1cc2c(cc1OC)CC(=O)N(CC(=O)Nc1nnc(C3CCCCC3)s1)C=C2. The molecule has 0 unspecified atom stereocenters. The first-order valence-electron chi connectivity index (χ1n) is 10.4. The highest BCUT2D eigenvalue weighted by atomic mass is 32.1. The van der Waals surface area contributed by atoms with Crippen LogP contribution >= 0.6 is 11.3 Å². The molecule has 4 rings (SSSR count). The lowest BCUT2D eigenvalue weighted by Gasteiger charge is -2.18. The maximum absolute atomic E-state index is 12.7. The van der Waals surface area contributed by atoms with Crippen LogP contribution in [0.25, 0.3) is 6.08 Å². The van der Waals surface area contributed by atoms with Crippen LogP contribution in [0.15, 0.2) is 18.3 Å². The average Bonchev–Trinajstić information content (AvgIpc) is 3.19. The van der Waals surface area contributed by atoms with Gasteiger partial charge in [-0.15, -0.1) is 10.2 Å². The lowest BCUT2D eigenvalue weighted by atomic mass is 9.90. The number of carbonyl (C=O) groups excluding carboxylic acids is 2. The van der Waals surface area contributed by atoms with E-state index in [9.17, 15) is 9.59 Å². The number of aromatic nitrogens is 2. The standard InChI is InChI=1S/C22H26N4O4S/c1-29-17-10-15-8-9-26(20(28)12-16(15)11-18(17)30-2)13-19(27)23-22-25-24-21(31-22)14-6-4-3-5-7-14/h8-11,14H,3-7,12-13H2,1-2H3,(H,23,25,27). The third-order valence-corrected chi connectivity index (χ3v) is 6.70. The van der Waals surface area contributed by atoms with E-state index < -0.39 is 0 Å². The molecular formula is C22H26N4O4S. The van der Waals surface area contributed by atoms with Crippen molar-refractivity contribution in [3.05, 3.63) is 34.5 Å². The summed E-state index contributed by atoms with van der Waals surface area (Å²) in [5.41, 5.74) is 1.68. The molecule has 31 heavy (non-hydrogen) atoms. The Morgan fingerprint density at radius 1 is 1.16 bits per heavy atom. The molecule has 9 heteroatoms. The minimum atomic E-state index is -0.300. The van der Waals surface area contributed by atoms with Gasteiger partial charge in [0, 0.05) is 12.1 Å². The summed E-state index contributed by atoms with van der Waals surface area (Å²) in [5.74, 6) is 1.13. The minimum absolute atomic E-state index is 0.0874. The Bertz CT molecular complexity index is 997. The largest absolute Gasteiger partial charge is 0.493 e. The van der Waals surface area contributed by atoms with E-state index in [1.54, 1.807) is 26.5 Å². The molecule has 0 saturated heterocycles. The first-order chi connectivity index (χ1) is 15.1. The van der Waals surface area contributed by atoms with Crippen molar-refractivity contribution in [3.8, 4) is 11.5 Å². The number of methoxy groups -OCH3 is 2. The maximum Gasteiger partial charge on any atom is 0.246 e. The van der Waals surface area contributed by atoms with Gasteiger partial charge in [-0.05, 0) is 42.2 Å². The van der Waals surface area contributed by atoms with Crippen molar-refractivity contribution < 1.29 is 19.1 Å². The van der Waals surface area contributed by atoms with Crippen LogP contribution in [0, 0.1) is 0 Å². The van der Waals surface area contributed by atoms with E-state index in [4.69, 9.17) is 9.47 Å².